The van der Waals surface area contributed by atoms with Crippen molar-refractivity contribution in [2.75, 3.05) is 66.0 Å². The summed E-state index contributed by atoms with van der Waals surface area (Å²) in [5.74, 6) is 1.20. The van der Waals surface area contributed by atoms with Gasteiger partial charge in [0.1, 0.15) is 0 Å². The van der Waals surface area contributed by atoms with Gasteiger partial charge in [-0.3, -0.25) is 14.7 Å². The van der Waals surface area contributed by atoms with Gasteiger partial charge in [-0.15, -0.1) is 0 Å². The summed E-state index contributed by atoms with van der Waals surface area (Å²) in [7, 11) is 1.87. The van der Waals surface area contributed by atoms with E-state index in [2.05, 4.69) is 30.3 Å². The molecule has 2 aliphatic heterocycles. The molecule has 2 heterocycles. The Hall–Kier alpha value is -1.34. The zero-order valence-electron chi connectivity index (χ0n) is 17.8. The summed E-state index contributed by atoms with van der Waals surface area (Å²) < 4.78 is 0. The van der Waals surface area contributed by atoms with Gasteiger partial charge in [0, 0.05) is 45.8 Å². The number of nitrogens with zero attached hydrogens (tertiary/aromatic N) is 4. The van der Waals surface area contributed by atoms with Crippen LogP contribution in [-0.2, 0) is 4.79 Å². The minimum Gasteiger partial charge on any atom is -0.356 e. The first kappa shape index (κ1) is 21.4. The molecule has 0 unspecified atom stereocenters. The van der Waals surface area contributed by atoms with Gasteiger partial charge in [0.05, 0.1) is 6.54 Å². The van der Waals surface area contributed by atoms with Crippen LogP contribution < -0.4 is 10.6 Å². The standard InChI is InChI=1S/C21H40N6O/c1-22-21(23-10-4-2-5-11-25-12-6-3-7-13-25)27-16-14-26(15-17-27)18-20(28)24-19-8-9-19/h19H,2-18H2,1H3,(H,22,23)(H,24,28). The van der Waals surface area contributed by atoms with Crippen LogP contribution in [0.15, 0.2) is 4.99 Å². The van der Waals surface area contributed by atoms with E-state index in [1.54, 1.807) is 0 Å². The molecule has 0 radical (unpaired) electrons. The van der Waals surface area contributed by atoms with E-state index in [0.717, 1.165) is 51.5 Å². The maximum Gasteiger partial charge on any atom is 0.234 e. The van der Waals surface area contributed by atoms with Crippen LogP contribution in [0.2, 0.25) is 0 Å². The Balaban J connectivity index is 1.23. The summed E-state index contributed by atoms with van der Waals surface area (Å²) in [6.07, 6.45) is 10.3. The first-order valence-corrected chi connectivity index (χ1v) is 11.4. The number of piperazine rings is 1. The number of nitrogens with one attached hydrogen (secondary N) is 2. The molecule has 28 heavy (non-hydrogen) atoms. The van der Waals surface area contributed by atoms with Gasteiger partial charge >= 0.3 is 0 Å². The first-order valence-electron chi connectivity index (χ1n) is 11.4. The molecule has 0 aromatic carbocycles. The van der Waals surface area contributed by atoms with E-state index in [4.69, 9.17) is 0 Å². The highest BCUT2D eigenvalue weighted by atomic mass is 16.2. The maximum atomic E-state index is 12.0. The molecule has 0 aromatic rings. The zero-order valence-corrected chi connectivity index (χ0v) is 17.8. The molecule has 2 N–H and O–H groups in total. The first-order chi connectivity index (χ1) is 13.7. The van der Waals surface area contributed by atoms with Crippen molar-refractivity contribution in [2.45, 2.75) is 57.4 Å². The molecule has 3 rings (SSSR count). The van der Waals surface area contributed by atoms with Crippen LogP contribution >= 0.6 is 0 Å². The lowest BCUT2D eigenvalue weighted by molar-refractivity contribution is -0.122. The van der Waals surface area contributed by atoms with E-state index in [9.17, 15) is 4.79 Å². The van der Waals surface area contributed by atoms with E-state index in [0.29, 0.717) is 12.6 Å². The summed E-state index contributed by atoms with van der Waals surface area (Å²) in [6, 6.07) is 0.455. The second-order valence-electron chi connectivity index (χ2n) is 8.54. The average molecular weight is 393 g/mol. The fourth-order valence-electron chi connectivity index (χ4n) is 4.17. The molecule has 0 bridgehead atoms. The third-order valence-corrected chi connectivity index (χ3v) is 6.08. The van der Waals surface area contributed by atoms with E-state index in [1.165, 1.54) is 58.2 Å². The Morgan fingerprint density at radius 1 is 0.929 bits per heavy atom. The summed E-state index contributed by atoms with van der Waals surface area (Å²) in [5, 5.41) is 6.61. The highest BCUT2D eigenvalue weighted by Gasteiger charge is 2.25. The van der Waals surface area contributed by atoms with Crippen molar-refractivity contribution in [3.63, 3.8) is 0 Å². The van der Waals surface area contributed by atoms with Gasteiger partial charge in [-0.05, 0) is 58.2 Å². The van der Waals surface area contributed by atoms with Crippen LogP contribution in [-0.4, -0.2) is 98.6 Å². The van der Waals surface area contributed by atoms with Crippen molar-refractivity contribution in [1.29, 1.82) is 0 Å². The normalized spacial score (nSPS) is 22.3. The van der Waals surface area contributed by atoms with Crippen molar-refractivity contribution >= 4 is 11.9 Å². The molecule has 7 heteroatoms. The van der Waals surface area contributed by atoms with Crippen LogP contribution in [0.5, 0.6) is 0 Å². The number of hydrogen-bond donors (Lipinski definition) is 2. The van der Waals surface area contributed by atoms with Crippen molar-refractivity contribution < 1.29 is 4.79 Å². The molecule has 7 nitrogen and oxygen atoms in total. The summed E-state index contributed by atoms with van der Waals surface area (Å²) in [4.78, 5) is 23.6. The third-order valence-electron chi connectivity index (χ3n) is 6.08. The fourth-order valence-corrected chi connectivity index (χ4v) is 4.17. The van der Waals surface area contributed by atoms with E-state index in [1.807, 2.05) is 7.05 Å². The number of likely N-dealkylation sites (tertiary alicyclic amines) is 1. The molecule has 3 aliphatic rings. The van der Waals surface area contributed by atoms with E-state index >= 15 is 0 Å². The number of guanidine groups is 1. The molecule has 1 aliphatic carbocycles. The number of carbonyl (C=O) groups is 1. The van der Waals surface area contributed by atoms with Gasteiger partial charge in [-0.2, -0.15) is 0 Å². The van der Waals surface area contributed by atoms with Crippen LogP contribution in [0.3, 0.4) is 0 Å². The second-order valence-corrected chi connectivity index (χ2v) is 8.54. The summed E-state index contributed by atoms with van der Waals surface area (Å²) in [6.45, 7) is 9.13. The predicted octanol–water partition coefficient (Wildman–Crippen LogP) is 1.11. The number of hydrogen-bond acceptors (Lipinski definition) is 4. The molecule has 1 amide bonds. The van der Waals surface area contributed by atoms with Crippen LogP contribution in [0.4, 0.5) is 0 Å². The molecular weight excluding hydrogens is 352 g/mol. The number of piperidine rings is 1. The predicted molar refractivity (Wildman–Crippen MR) is 115 cm³/mol. The highest BCUT2D eigenvalue weighted by molar-refractivity contribution is 5.80. The Labute approximate surface area is 170 Å². The lowest BCUT2D eigenvalue weighted by Crippen LogP contribution is -2.54. The third kappa shape index (κ3) is 7.59. The summed E-state index contributed by atoms with van der Waals surface area (Å²) >= 11 is 0. The number of aliphatic imine (C=N–C) groups is 1. The molecule has 0 spiro atoms. The Morgan fingerprint density at radius 3 is 2.36 bits per heavy atom. The molecule has 0 atom stereocenters. The topological polar surface area (TPSA) is 63.2 Å². The lowest BCUT2D eigenvalue weighted by atomic mass is 10.1. The SMILES string of the molecule is CN=C(NCCCCCN1CCCCC1)N1CCN(CC(=O)NC2CC2)CC1. The van der Waals surface area contributed by atoms with Gasteiger partial charge < -0.3 is 20.4 Å². The number of amides is 1. The zero-order chi connectivity index (χ0) is 19.6. The Kier molecular flexibility index (Phi) is 8.86. The molecule has 3 fully saturated rings. The van der Waals surface area contributed by atoms with Crippen LogP contribution in [0.1, 0.15) is 51.4 Å². The van der Waals surface area contributed by atoms with Crippen molar-refractivity contribution in [3.05, 3.63) is 0 Å². The molecule has 0 aromatic heterocycles. The second kappa shape index (κ2) is 11.6. The molecule has 1 saturated carbocycles. The van der Waals surface area contributed by atoms with Gasteiger partial charge in [0.25, 0.3) is 0 Å². The quantitative estimate of drug-likeness (QED) is 0.350. The number of unbranched alkanes of at least 4 members (excludes halogenated alkanes) is 2. The van der Waals surface area contributed by atoms with Gasteiger partial charge in [0.15, 0.2) is 5.96 Å². The minimum atomic E-state index is 0.183. The van der Waals surface area contributed by atoms with E-state index < -0.39 is 0 Å². The maximum absolute atomic E-state index is 12.0. The van der Waals surface area contributed by atoms with Crippen molar-refractivity contribution in [3.8, 4) is 0 Å². The highest BCUT2D eigenvalue weighted by Crippen LogP contribution is 2.18. The fraction of sp³-hybridized carbons (Fsp3) is 0.905. The molecule has 160 valence electrons. The van der Waals surface area contributed by atoms with Crippen molar-refractivity contribution in [1.82, 2.24) is 25.3 Å². The molecule has 2 saturated heterocycles. The van der Waals surface area contributed by atoms with Gasteiger partial charge in [-0.1, -0.05) is 12.8 Å². The van der Waals surface area contributed by atoms with E-state index in [-0.39, 0.29) is 5.91 Å². The number of rotatable bonds is 9. The van der Waals surface area contributed by atoms with Crippen LogP contribution in [0, 0.1) is 0 Å². The lowest BCUT2D eigenvalue weighted by Gasteiger charge is -2.36. The number of carbonyl (C=O) groups excluding carboxylic acids is 1. The van der Waals surface area contributed by atoms with Crippen molar-refractivity contribution in [2.24, 2.45) is 4.99 Å². The largest absolute Gasteiger partial charge is 0.356 e. The monoisotopic (exact) mass is 392 g/mol. The van der Waals surface area contributed by atoms with Gasteiger partial charge in [-0.25, -0.2) is 0 Å². The van der Waals surface area contributed by atoms with Crippen LogP contribution in [0.25, 0.3) is 0 Å². The molecular formula is C21H40N6O. The Morgan fingerprint density at radius 2 is 1.68 bits per heavy atom. The average Bonchev–Trinajstić information content (AvgIpc) is 3.53. The summed E-state index contributed by atoms with van der Waals surface area (Å²) in [5.41, 5.74) is 0. The van der Waals surface area contributed by atoms with Gasteiger partial charge in [0.2, 0.25) is 5.91 Å². The minimum absolute atomic E-state index is 0.183. The Bertz CT molecular complexity index is 493. The smallest absolute Gasteiger partial charge is 0.234 e.